The molecule has 6 nitrogen and oxygen atoms in total. The Morgan fingerprint density at radius 1 is 1.22 bits per heavy atom. The molecule has 2 N–H and O–H groups in total. The molecular formula is C25H27FN3O3+. The number of nitrogens with zero attached hydrogens (tertiary/aromatic N) is 2. The highest BCUT2D eigenvalue weighted by Gasteiger charge is 2.29. The summed E-state index contributed by atoms with van der Waals surface area (Å²) in [6.45, 7) is 3.33. The molecule has 2 aromatic rings. The lowest BCUT2D eigenvalue weighted by atomic mass is 10.0. The first-order valence-electron chi connectivity index (χ1n) is 11.0. The van der Waals surface area contributed by atoms with E-state index < -0.39 is 17.2 Å². The Kier molecular flexibility index (Phi) is 6.48. The minimum Gasteiger partial charge on any atom is -0.462 e. The Labute approximate surface area is 186 Å². The molecule has 0 radical (unpaired) electrons. The van der Waals surface area contributed by atoms with Crippen LogP contribution in [0.2, 0.25) is 0 Å². The van der Waals surface area contributed by atoms with Gasteiger partial charge in [0.05, 0.1) is 44.0 Å². The van der Waals surface area contributed by atoms with Crippen molar-refractivity contribution in [1.82, 2.24) is 4.57 Å². The van der Waals surface area contributed by atoms with E-state index in [2.05, 4.69) is 17.2 Å². The number of anilines is 1. The van der Waals surface area contributed by atoms with Crippen molar-refractivity contribution >= 4 is 22.6 Å². The van der Waals surface area contributed by atoms with Crippen LogP contribution in [0.1, 0.15) is 42.1 Å². The third-order valence-corrected chi connectivity index (χ3v) is 6.07. The Bertz CT molecular complexity index is 1150. The van der Waals surface area contributed by atoms with Crippen LogP contribution in [0, 0.1) is 36.4 Å². The van der Waals surface area contributed by atoms with Crippen molar-refractivity contribution < 1.29 is 19.2 Å². The lowest BCUT2D eigenvalue weighted by molar-refractivity contribution is -0.655. The Morgan fingerprint density at radius 2 is 1.91 bits per heavy atom. The normalized spacial score (nSPS) is 16.1. The Hall–Kier alpha value is -3.29. The maximum absolute atomic E-state index is 15.0. The number of nitrogens with two attached hydrogens (primary N) is 1. The lowest BCUT2D eigenvalue weighted by Gasteiger charge is -2.28. The standard InChI is InChI=1S/C25H26FN3O3/c1-3-5-17(6-4-2)16-32-25(31)20-15-29(18-7-8-18)22-14-23(28-11-9-27-10-12-28)21(26)13-19(22)24(20)30/h1-2,13-15,17-18,27H,5-12,16H2/p+1. The summed E-state index contributed by atoms with van der Waals surface area (Å²) in [6.07, 6.45) is 14.9. The van der Waals surface area contributed by atoms with Gasteiger partial charge in [0.25, 0.3) is 0 Å². The summed E-state index contributed by atoms with van der Waals surface area (Å²) in [5.41, 5.74) is 0.535. The summed E-state index contributed by atoms with van der Waals surface area (Å²) in [6, 6.07) is 3.20. The van der Waals surface area contributed by atoms with Crippen molar-refractivity contribution in [1.29, 1.82) is 0 Å². The smallest absolute Gasteiger partial charge is 0.343 e. The number of carbonyl (C=O) groups excluding carboxylic acids is 1. The molecule has 1 aliphatic carbocycles. The summed E-state index contributed by atoms with van der Waals surface area (Å²) in [5, 5.41) is 2.39. The molecule has 32 heavy (non-hydrogen) atoms. The fourth-order valence-corrected chi connectivity index (χ4v) is 4.19. The van der Waals surface area contributed by atoms with Crippen LogP contribution in [0.15, 0.2) is 23.1 Å². The number of hydrogen-bond donors (Lipinski definition) is 1. The van der Waals surface area contributed by atoms with Gasteiger partial charge in [0, 0.05) is 36.4 Å². The van der Waals surface area contributed by atoms with E-state index in [1.54, 1.807) is 12.3 Å². The second-order valence-corrected chi connectivity index (χ2v) is 8.47. The molecule has 1 aromatic carbocycles. The summed E-state index contributed by atoms with van der Waals surface area (Å²) in [4.78, 5) is 27.9. The van der Waals surface area contributed by atoms with Crippen molar-refractivity contribution in [3.63, 3.8) is 0 Å². The van der Waals surface area contributed by atoms with E-state index >= 15 is 4.39 Å². The number of pyridine rings is 1. The number of terminal acetylenes is 2. The lowest BCUT2D eigenvalue weighted by Crippen LogP contribution is -2.89. The van der Waals surface area contributed by atoms with Gasteiger partial charge >= 0.3 is 5.97 Å². The zero-order valence-electron chi connectivity index (χ0n) is 18.0. The topological polar surface area (TPSA) is 68.2 Å². The highest BCUT2D eigenvalue weighted by Crippen LogP contribution is 2.38. The zero-order valence-corrected chi connectivity index (χ0v) is 18.0. The molecule has 0 spiro atoms. The summed E-state index contributed by atoms with van der Waals surface area (Å²) < 4.78 is 22.3. The first-order chi connectivity index (χ1) is 15.5. The third-order valence-electron chi connectivity index (χ3n) is 6.07. The van der Waals surface area contributed by atoms with E-state index in [0.717, 1.165) is 39.0 Å². The van der Waals surface area contributed by atoms with Crippen LogP contribution in [-0.4, -0.2) is 43.3 Å². The van der Waals surface area contributed by atoms with Gasteiger partial charge in [-0.2, -0.15) is 0 Å². The van der Waals surface area contributed by atoms with Crippen molar-refractivity contribution in [2.24, 2.45) is 5.92 Å². The number of hydrogen-bond acceptors (Lipinski definition) is 4. The van der Waals surface area contributed by atoms with Gasteiger partial charge in [-0.25, -0.2) is 9.18 Å². The number of halogens is 1. The van der Waals surface area contributed by atoms with Gasteiger partial charge in [-0.15, -0.1) is 24.7 Å². The van der Waals surface area contributed by atoms with Crippen LogP contribution >= 0.6 is 0 Å². The van der Waals surface area contributed by atoms with Gasteiger partial charge in [-0.05, 0) is 25.0 Å². The van der Waals surface area contributed by atoms with Crippen LogP contribution in [0.3, 0.4) is 0 Å². The molecule has 2 heterocycles. The van der Waals surface area contributed by atoms with Gasteiger partial charge in [0.1, 0.15) is 11.4 Å². The molecule has 0 bridgehead atoms. The molecular weight excluding hydrogens is 409 g/mol. The molecule has 1 saturated heterocycles. The molecule has 0 unspecified atom stereocenters. The van der Waals surface area contributed by atoms with Gasteiger partial charge in [0.15, 0.2) is 0 Å². The van der Waals surface area contributed by atoms with Gasteiger partial charge < -0.3 is 19.5 Å². The fraction of sp³-hybridized carbons (Fsp3) is 0.440. The van der Waals surface area contributed by atoms with Crippen LogP contribution in [-0.2, 0) is 4.74 Å². The number of benzene rings is 1. The summed E-state index contributed by atoms with van der Waals surface area (Å²) >= 11 is 0. The summed E-state index contributed by atoms with van der Waals surface area (Å²) in [7, 11) is 0. The predicted molar refractivity (Wildman–Crippen MR) is 121 cm³/mol. The minimum atomic E-state index is -0.735. The number of aromatic nitrogens is 1. The molecule has 7 heteroatoms. The quantitative estimate of drug-likeness (QED) is 0.530. The van der Waals surface area contributed by atoms with Crippen LogP contribution in [0.25, 0.3) is 10.9 Å². The van der Waals surface area contributed by atoms with Crippen LogP contribution in [0.4, 0.5) is 10.1 Å². The molecule has 1 aromatic heterocycles. The van der Waals surface area contributed by atoms with E-state index in [0.29, 0.717) is 24.0 Å². The molecule has 166 valence electrons. The van der Waals surface area contributed by atoms with Crippen molar-refractivity contribution in [3.8, 4) is 24.7 Å². The number of piperazine rings is 1. The van der Waals surface area contributed by atoms with E-state index in [1.807, 2.05) is 9.47 Å². The molecule has 1 saturated carbocycles. The first-order valence-corrected chi connectivity index (χ1v) is 11.0. The Balaban J connectivity index is 1.70. The molecule has 2 fully saturated rings. The second-order valence-electron chi connectivity index (χ2n) is 8.47. The van der Waals surface area contributed by atoms with Gasteiger partial charge in [0.2, 0.25) is 5.43 Å². The molecule has 4 rings (SSSR count). The maximum atomic E-state index is 15.0. The number of rotatable bonds is 7. The molecule has 0 atom stereocenters. The average molecular weight is 437 g/mol. The van der Waals surface area contributed by atoms with Crippen molar-refractivity contribution in [3.05, 3.63) is 39.9 Å². The zero-order chi connectivity index (χ0) is 22.7. The average Bonchev–Trinajstić information content (AvgIpc) is 3.64. The predicted octanol–water partition coefficient (Wildman–Crippen LogP) is 1.68. The SMILES string of the molecule is C#CCC(CC#C)COC(=O)c1cn(C2CC2)c2cc(N3CC[NH2+]CC3)c(F)cc2c1=O. The molecule has 0 amide bonds. The van der Waals surface area contributed by atoms with E-state index in [4.69, 9.17) is 17.6 Å². The number of ether oxygens (including phenoxy) is 1. The third kappa shape index (κ3) is 4.49. The van der Waals surface area contributed by atoms with Crippen LogP contribution < -0.4 is 15.6 Å². The number of fused-ring (bicyclic) bond motifs is 1. The summed E-state index contributed by atoms with van der Waals surface area (Å²) in [5.74, 6) is 3.69. The largest absolute Gasteiger partial charge is 0.462 e. The van der Waals surface area contributed by atoms with Crippen molar-refractivity contribution in [2.75, 3.05) is 37.7 Å². The Morgan fingerprint density at radius 3 is 2.53 bits per heavy atom. The number of quaternary nitrogens is 1. The highest BCUT2D eigenvalue weighted by molar-refractivity contribution is 5.94. The van der Waals surface area contributed by atoms with Crippen molar-refractivity contribution in [2.45, 2.75) is 31.7 Å². The van der Waals surface area contributed by atoms with Gasteiger partial charge in [-0.3, -0.25) is 4.79 Å². The second kappa shape index (κ2) is 9.46. The molecule has 1 aliphatic heterocycles. The van der Waals surface area contributed by atoms with Crippen LogP contribution in [0.5, 0.6) is 0 Å². The maximum Gasteiger partial charge on any atom is 0.343 e. The van der Waals surface area contributed by atoms with E-state index in [9.17, 15) is 9.59 Å². The van der Waals surface area contributed by atoms with E-state index in [1.165, 1.54) is 6.07 Å². The minimum absolute atomic E-state index is 0.0351. The van der Waals surface area contributed by atoms with E-state index in [-0.39, 0.29) is 29.5 Å². The highest BCUT2D eigenvalue weighted by atomic mass is 19.1. The molecule has 2 aliphatic rings. The number of carbonyl (C=O) groups is 1. The monoisotopic (exact) mass is 436 g/mol. The van der Waals surface area contributed by atoms with Gasteiger partial charge in [-0.1, -0.05) is 0 Å². The fourth-order valence-electron chi connectivity index (χ4n) is 4.19. The number of esters is 1. The first kappa shape index (κ1) is 21.9.